The minimum absolute atomic E-state index is 0.118. The molecule has 3 aliphatic rings. The molecule has 0 bridgehead atoms. The Bertz CT molecular complexity index is 356. The van der Waals surface area contributed by atoms with Crippen LogP contribution in [0.5, 0.6) is 0 Å². The molecule has 1 aliphatic heterocycles. The lowest BCUT2D eigenvalue weighted by Gasteiger charge is -2.49. The average Bonchev–Trinajstić information content (AvgIpc) is 2.35. The third-order valence-corrected chi connectivity index (χ3v) is 5.59. The third-order valence-electron chi connectivity index (χ3n) is 5.59. The summed E-state index contributed by atoms with van der Waals surface area (Å²) >= 11 is 0. The van der Waals surface area contributed by atoms with Crippen molar-refractivity contribution >= 4 is 0 Å². The van der Waals surface area contributed by atoms with Crippen LogP contribution in [0.1, 0.15) is 58.8 Å². The van der Waals surface area contributed by atoms with Crippen molar-refractivity contribution in [2.24, 2.45) is 17.8 Å². The SMILES string of the molecule is CC1=CC(C)CC(C(O)C2CCOC3(CCC3)C2)C1. The summed E-state index contributed by atoms with van der Waals surface area (Å²) in [4.78, 5) is 0. The first kappa shape index (κ1) is 13.6. The van der Waals surface area contributed by atoms with E-state index in [0.717, 1.165) is 32.3 Å². The molecule has 19 heavy (non-hydrogen) atoms. The first-order valence-electron chi connectivity index (χ1n) is 8.07. The lowest BCUT2D eigenvalue weighted by atomic mass is 9.68. The van der Waals surface area contributed by atoms with Gasteiger partial charge in [-0.25, -0.2) is 0 Å². The van der Waals surface area contributed by atoms with E-state index < -0.39 is 0 Å². The van der Waals surface area contributed by atoms with Gasteiger partial charge in [-0.1, -0.05) is 18.6 Å². The lowest BCUT2D eigenvalue weighted by molar-refractivity contribution is -0.161. The Hall–Kier alpha value is -0.340. The van der Waals surface area contributed by atoms with Crippen molar-refractivity contribution in [1.29, 1.82) is 0 Å². The molecule has 4 atom stereocenters. The van der Waals surface area contributed by atoms with Gasteiger partial charge in [-0.2, -0.15) is 0 Å². The van der Waals surface area contributed by atoms with Gasteiger partial charge in [-0.3, -0.25) is 0 Å². The van der Waals surface area contributed by atoms with Crippen molar-refractivity contribution in [2.75, 3.05) is 6.61 Å². The van der Waals surface area contributed by atoms with Crippen LogP contribution in [0.4, 0.5) is 0 Å². The van der Waals surface area contributed by atoms with Crippen LogP contribution in [0.3, 0.4) is 0 Å². The highest BCUT2D eigenvalue weighted by Crippen LogP contribution is 2.46. The fourth-order valence-corrected chi connectivity index (χ4v) is 4.52. The summed E-state index contributed by atoms with van der Waals surface area (Å²) in [6, 6.07) is 0. The highest BCUT2D eigenvalue weighted by molar-refractivity contribution is 5.08. The zero-order chi connectivity index (χ0) is 13.5. The topological polar surface area (TPSA) is 29.5 Å². The second-order valence-corrected chi connectivity index (χ2v) is 7.32. The summed E-state index contributed by atoms with van der Waals surface area (Å²) in [5.41, 5.74) is 1.63. The average molecular weight is 264 g/mol. The van der Waals surface area contributed by atoms with E-state index in [1.807, 2.05) is 0 Å². The van der Waals surface area contributed by atoms with Crippen LogP contribution in [0.15, 0.2) is 11.6 Å². The molecule has 0 aromatic carbocycles. The van der Waals surface area contributed by atoms with Crippen LogP contribution in [0.25, 0.3) is 0 Å². The zero-order valence-electron chi connectivity index (χ0n) is 12.4. The Morgan fingerprint density at radius 3 is 2.79 bits per heavy atom. The molecular formula is C17H28O2. The number of aliphatic hydroxyl groups is 1. The van der Waals surface area contributed by atoms with Gasteiger partial charge in [0.1, 0.15) is 0 Å². The second-order valence-electron chi connectivity index (χ2n) is 7.32. The van der Waals surface area contributed by atoms with Crippen LogP contribution >= 0.6 is 0 Å². The number of rotatable bonds is 2. The number of aliphatic hydroxyl groups excluding tert-OH is 1. The molecule has 0 aromatic heterocycles. The molecule has 2 aliphatic carbocycles. The summed E-state index contributed by atoms with van der Waals surface area (Å²) in [5, 5.41) is 10.8. The Labute approximate surface area is 117 Å². The molecule has 1 heterocycles. The first-order valence-corrected chi connectivity index (χ1v) is 8.07. The molecule has 108 valence electrons. The predicted molar refractivity (Wildman–Crippen MR) is 76.9 cm³/mol. The minimum atomic E-state index is -0.118. The molecule has 0 aromatic rings. The number of hydrogen-bond donors (Lipinski definition) is 1. The van der Waals surface area contributed by atoms with E-state index in [1.54, 1.807) is 0 Å². The van der Waals surface area contributed by atoms with Crippen molar-refractivity contribution in [3.05, 3.63) is 11.6 Å². The molecule has 2 nitrogen and oxygen atoms in total. The molecule has 1 saturated heterocycles. The van der Waals surface area contributed by atoms with Crippen LogP contribution in [0, 0.1) is 17.8 Å². The molecule has 3 rings (SSSR count). The van der Waals surface area contributed by atoms with Crippen molar-refractivity contribution in [1.82, 2.24) is 0 Å². The highest BCUT2D eigenvalue weighted by Gasteiger charge is 2.45. The van der Waals surface area contributed by atoms with Gasteiger partial charge >= 0.3 is 0 Å². The monoisotopic (exact) mass is 264 g/mol. The van der Waals surface area contributed by atoms with Gasteiger partial charge in [-0.05, 0) is 69.6 Å². The smallest absolute Gasteiger partial charge is 0.0686 e. The Morgan fingerprint density at radius 2 is 2.16 bits per heavy atom. The van der Waals surface area contributed by atoms with Crippen molar-refractivity contribution in [3.8, 4) is 0 Å². The maximum atomic E-state index is 10.8. The van der Waals surface area contributed by atoms with E-state index >= 15 is 0 Å². The molecule has 1 saturated carbocycles. The number of hydrogen-bond acceptors (Lipinski definition) is 2. The van der Waals surface area contributed by atoms with E-state index in [0.29, 0.717) is 17.8 Å². The molecule has 2 fully saturated rings. The standard InChI is InChI=1S/C17H28O2/c1-12-8-13(2)10-15(9-12)16(18)14-4-7-19-17(11-14)5-3-6-17/h8,12,14-16,18H,3-7,9-11H2,1-2H3. The van der Waals surface area contributed by atoms with E-state index in [9.17, 15) is 5.11 Å². The molecule has 1 N–H and O–H groups in total. The van der Waals surface area contributed by atoms with E-state index in [2.05, 4.69) is 19.9 Å². The van der Waals surface area contributed by atoms with Gasteiger partial charge in [-0.15, -0.1) is 0 Å². The molecule has 0 radical (unpaired) electrons. The summed E-state index contributed by atoms with van der Waals surface area (Å²) in [6.07, 6.45) is 10.4. The maximum absolute atomic E-state index is 10.8. The van der Waals surface area contributed by atoms with Gasteiger partial charge in [0.2, 0.25) is 0 Å². The predicted octanol–water partition coefficient (Wildman–Crippen LogP) is 3.69. The van der Waals surface area contributed by atoms with Crippen LogP contribution < -0.4 is 0 Å². The molecular weight excluding hydrogens is 236 g/mol. The fraction of sp³-hybridized carbons (Fsp3) is 0.882. The largest absolute Gasteiger partial charge is 0.393 e. The summed E-state index contributed by atoms with van der Waals surface area (Å²) in [5.74, 6) is 1.57. The van der Waals surface area contributed by atoms with Gasteiger partial charge in [0.05, 0.1) is 11.7 Å². The number of allylic oxidation sites excluding steroid dienone is 2. The molecule has 4 unspecified atom stereocenters. The lowest BCUT2D eigenvalue weighted by Crippen LogP contribution is -2.49. The van der Waals surface area contributed by atoms with Gasteiger partial charge < -0.3 is 9.84 Å². The van der Waals surface area contributed by atoms with Crippen molar-refractivity contribution < 1.29 is 9.84 Å². The van der Waals surface area contributed by atoms with Crippen molar-refractivity contribution in [2.45, 2.75) is 70.5 Å². The van der Waals surface area contributed by atoms with Gasteiger partial charge in [0.15, 0.2) is 0 Å². The summed E-state index contributed by atoms with van der Waals surface area (Å²) < 4.78 is 5.99. The van der Waals surface area contributed by atoms with Gasteiger partial charge in [0.25, 0.3) is 0 Å². The Morgan fingerprint density at radius 1 is 1.37 bits per heavy atom. The van der Waals surface area contributed by atoms with Gasteiger partial charge in [0, 0.05) is 6.61 Å². The normalized spacial score (nSPS) is 39.5. The quantitative estimate of drug-likeness (QED) is 0.771. The maximum Gasteiger partial charge on any atom is 0.0686 e. The highest BCUT2D eigenvalue weighted by atomic mass is 16.5. The second kappa shape index (κ2) is 5.21. The fourth-order valence-electron chi connectivity index (χ4n) is 4.52. The van der Waals surface area contributed by atoms with Crippen LogP contribution in [-0.2, 0) is 4.74 Å². The van der Waals surface area contributed by atoms with E-state index in [1.165, 1.54) is 24.8 Å². The molecule has 2 heteroatoms. The Balaban J connectivity index is 1.63. The molecule has 1 spiro atoms. The van der Waals surface area contributed by atoms with E-state index in [4.69, 9.17) is 4.74 Å². The summed E-state index contributed by atoms with van der Waals surface area (Å²) in [7, 11) is 0. The summed E-state index contributed by atoms with van der Waals surface area (Å²) in [6.45, 7) is 5.35. The van der Waals surface area contributed by atoms with Crippen LogP contribution in [0.2, 0.25) is 0 Å². The van der Waals surface area contributed by atoms with E-state index in [-0.39, 0.29) is 11.7 Å². The first-order chi connectivity index (χ1) is 9.08. The van der Waals surface area contributed by atoms with Crippen molar-refractivity contribution in [3.63, 3.8) is 0 Å². The third kappa shape index (κ3) is 2.75. The minimum Gasteiger partial charge on any atom is -0.393 e. The van der Waals surface area contributed by atoms with Crippen LogP contribution in [-0.4, -0.2) is 23.4 Å². The zero-order valence-corrected chi connectivity index (χ0v) is 12.4. The number of ether oxygens (including phenoxy) is 1. The Kier molecular flexibility index (Phi) is 3.74. The molecule has 0 amide bonds.